The van der Waals surface area contributed by atoms with Crippen LogP contribution in [-0.4, -0.2) is 20.7 Å². The van der Waals surface area contributed by atoms with E-state index in [2.05, 4.69) is 15.4 Å². The summed E-state index contributed by atoms with van der Waals surface area (Å²) in [6.45, 7) is 0. The van der Waals surface area contributed by atoms with Crippen molar-refractivity contribution < 1.29 is 4.79 Å². The molecule has 24 heavy (non-hydrogen) atoms. The first-order valence-corrected chi connectivity index (χ1v) is 7.56. The lowest BCUT2D eigenvalue weighted by Gasteiger charge is -2.05. The van der Waals surface area contributed by atoms with E-state index in [1.807, 2.05) is 60.7 Å². The number of carbonyl (C=O) groups is 1. The number of aromatic nitrogens is 3. The van der Waals surface area contributed by atoms with Crippen molar-refractivity contribution in [3.05, 3.63) is 84.9 Å². The maximum Gasteiger partial charge on any atom is 0.274 e. The van der Waals surface area contributed by atoms with Gasteiger partial charge in [0.05, 0.1) is 23.8 Å². The SMILES string of the molecule is O=C(Nc1cnn(-c2ccccc2)c1)c1nccc2ccccc12. The van der Waals surface area contributed by atoms with Gasteiger partial charge < -0.3 is 5.32 Å². The number of pyridine rings is 1. The molecule has 1 N–H and O–H groups in total. The maximum atomic E-state index is 12.6. The van der Waals surface area contributed by atoms with Crippen LogP contribution in [0.4, 0.5) is 5.69 Å². The molecule has 5 nitrogen and oxygen atoms in total. The number of nitrogens with one attached hydrogen (secondary N) is 1. The predicted molar refractivity (Wildman–Crippen MR) is 93.3 cm³/mol. The third-order valence-corrected chi connectivity index (χ3v) is 3.75. The molecule has 2 aromatic heterocycles. The van der Waals surface area contributed by atoms with Gasteiger partial charge in [0.25, 0.3) is 5.91 Å². The Kier molecular flexibility index (Phi) is 3.51. The molecule has 116 valence electrons. The van der Waals surface area contributed by atoms with Gasteiger partial charge >= 0.3 is 0 Å². The normalized spacial score (nSPS) is 10.7. The summed E-state index contributed by atoms with van der Waals surface area (Å²) in [5.41, 5.74) is 1.96. The zero-order chi connectivity index (χ0) is 16.4. The Hall–Kier alpha value is -3.47. The molecule has 2 aromatic carbocycles. The summed E-state index contributed by atoms with van der Waals surface area (Å²) in [4.78, 5) is 16.8. The van der Waals surface area contributed by atoms with Gasteiger partial charge in [-0.15, -0.1) is 0 Å². The Morgan fingerprint density at radius 3 is 2.62 bits per heavy atom. The molecule has 0 unspecified atom stereocenters. The van der Waals surface area contributed by atoms with E-state index >= 15 is 0 Å². The Bertz CT molecular complexity index is 1000. The summed E-state index contributed by atoms with van der Waals surface area (Å²) < 4.78 is 1.71. The van der Waals surface area contributed by atoms with Crippen molar-refractivity contribution in [2.75, 3.05) is 5.32 Å². The third kappa shape index (κ3) is 2.63. The Morgan fingerprint density at radius 2 is 1.75 bits per heavy atom. The number of fused-ring (bicyclic) bond motifs is 1. The lowest BCUT2D eigenvalue weighted by Crippen LogP contribution is -2.13. The molecule has 0 spiro atoms. The number of amides is 1. The molecule has 0 saturated carbocycles. The van der Waals surface area contributed by atoms with E-state index in [0.29, 0.717) is 11.4 Å². The molecule has 5 heteroatoms. The summed E-state index contributed by atoms with van der Waals surface area (Å²) >= 11 is 0. The highest BCUT2D eigenvalue weighted by molar-refractivity contribution is 6.11. The second kappa shape index (κ2) is 5.96. The van der Waals surface area contributed by atoms with Crippen LogP contribution in [0.25, 0.3) is 16.5 Å². The van der Waals surface area contributed by atoms with Crippen LogP contribution in [0.2, 0.25) is 0 Å². The zero-order valence-corrected chi connectivity index (χ0v) is 12.8. The van der Waals surface area contributed by atoms with Crippen molar-refractivity contribution in [1.29, 1.82) is 0 Å². The van der Waals surface area contributed by atoms with E-state index in [4.69, 9.17) is 0 Å². The van der Waals surface area contributed by atoms with Crippen LogP contribution in [0.5, 0.6) is 0 Å². The summed E-state index contributed by atoms with van der Waals surface area (Å²) in [5.74, 6) is -0.251. The number of nitrogens with zero attached hydrogens (tertiary/aromatic N) is 3. The molecular weight excluding hydrogens is 300 g/mol. The number of hydrogen-bond acceptors (Lipinski definition) is 3. The molecular formula is C19H14N4O. The average Bonchev–Trinajstić information content (AvgIpc) is 3.10. The summed E-state index contributed by atoms with van der Waals surface area (Å²) in [5, 5.41) is 8.94. The molecule has 4 aromatic rings. The Labute approximate surface area is 138 Å². The van der Waals surface area contributed by atoms with Crippen LogP contribution in [-0.2, 0) is 0 Å². The number of carbonyl (C=O) groups excluding carboxylic acids is 1. The summed E-state index contributed by atoms with van der Waals surface area (Å²) in [6.07, 6.45) is 5.04. The Morgan fingerprint density at radius 1 is 0.958 bits per heavy atom. The lowest BCUT2D eigenvalue weighted by molar-refractivity contribution is 0.102. The first-order chi connectivity index (χ1) is 11.8. The molecule has 2 heterocycles. The summed E-state index contributed by atoms with van der Waals surface area (Å²) in [6, 6.07) is 19.3. The van der Waals surface area contributed by atoms with Crippen molar-refractivity contribution in [2.45, 2.75) is 0 Å². The minimum absolute atomic E-state index is 0.251. The number of hydrogen-bond donors (Lipinski definition) is 1. The van der Waals surface area contributed by atoms with Gasteiger partial charge in [0.1, 0.15) is 5.69 Å². The second-order valence-corrected chi connectivity index (χ2v) is 5.34. The molecule has 0 radical (unpaired) electrons. The standard InChI is InChI=1S/C19H14N4O/c24-19(18-17-9-5-4-6-14(17)10-11-20-18)22-15-12-21-23(13-15)16-7-2-1-3-8-16/h1-13H,(H,22,24). The molecule has 0 saturated heterocycles. The van der Waals surface area contributed by atoms with Gasteiger partial charge in [-0.25, -0.2) is 4.68 Å². The fourth-order valence-corrected chi connectivity index (χ4v) is 2.60. The molecule has 0 bridgehead atoms. The fraction of sp³-hybridized carbons (Fsp3) is 0. The molecule has 0 fully saturated rings. The molecule has 0 aliphatic carbocycles. The van der Waals surface area contributed by atoms with Gasteiger partial charge in [0.15, 0.2) is 0 Å². The molecule has 0 aliphatic rings. The minimum Gasteiger partial charge on any atom is -0.318 e. The van der Waals surface area contributed by atoms with Crippen LogP contribution >= 0.6 is 0 Å². The third-order valence-electron chi connectivity index (χ3n) is 3.75. The van der Waals surface area contributed by atoms with Crippen molar-refractivity contribution in [3.8, 4) is 5.69 Å². The van der Waals surface area contributed by atoms with Crippen molar-refractivity contribution in [3.63, 3.8) is 0 Å². The van der Waals surface area contributed by atoms with Gasteiger partial charge in [0.2, 0.25) is 0 Å². The van der Waals surface area contributed by atoms with Crippen LogP contribution in [0.3, 0.4) is 0 Å². The molecule has 0 atom stereocenters. The van der Waals surface area contributed by atoms with E-state index in [1.54, 1.807) is 23.3 Å². The zero-order valence-electron chi connectivity index (χ0n) is 12.8. The number of para-hydroxylation sites is 1. The van der Waals surface area contributed by atoms with Crippen molar-refractivity contribution in [1.82, 2.24) is 14.8 Å². The van der Waals surface area contributed by atoms with Crippen LogP contribution in [0.1, 0.15) is 10.5 Å². The van der Waals surface area contributed by atoms with Crippen molar-refractivity contribution >= 4 is 22.4 Å². The maximum absolute atomic E-state index is 12.6. The van der Waals surface area contributed by atoms with Crippen LogP contribution < -0.4 is 5.32 Å². The highest BCUT2D eigenvalue weighted by atomic mass is 16.1. The van der Waals surface area contributed by atoms with Gasteiger partial charge in [-0.2, -0.15) is 5.10 Å². The van der Waals surface area contributed by atoms with E-state index in [1.165, 1.54) is 0 Å². The van der Waals surface area contributed by atoms with Gasteiger partial charge in [-0.1, -0.05) is 42.5 Å². The first-order valence-electron chi connectivity index (χ1n) is 7.56. The molecule has 4 rings (SSSR count). The van der Waals surface area contributed by atoms with Crippen LogP contribution in [0.15, 0.2) is 79.3 Å². The largest absolute Gasteiger partial charge is 0.318 e. The molecule has 1 amide bonds. The number of benzene rings is 2. The second-order valence-electron chi connectivity index (χ2n) is 5.34. The van der Waals surface area contributed by atoms with E-state index in [9.17, 15) is 4.79 Å². The smallest absolute Gasteiger partial charge is 0.274 e. The van der Waals surface area contributed by atoms with Crippen molar-refractivity contribution in [2.24, 2.45) is 0 Å². The lowest BCUT2D eigenvalue weighted by atomic mass is 10.1. The quantitative estimate of drug-likeness (QED) is 0.627. The Balaban J connectivity index is 1.61. The van der Waals surface area contributed by atoms with Gasteiger partial charge in [0, 0.05) is 11.6 Å². The first kappa shape index (κ1) is 14.1. The number of anilines is 1. The monoisotopic (exact) mass is 314 g/mol. The minimum atomic E-state index is -0.251. The predicted octanol–water partition coefficient (Wildman–Crippen LogP) is 3.67. The van der Waals surface area contributed by atoms with Crippen LogP contribution in [0, 0.1) is 0 Å². The van der Waals surface area contributed by atoms with E-state index in [0.717, 1.165) is 16.5 Å². The van der Waals surface area contributed by atoms with Gasteiger partial charge in [-0.3, -0.25) is 9.78 Å². The fourth-order valence-electron chi connectivity index (χ4n) is 2.60. The van der Waals surface area contributed by atoms with E-state index < -0.39 is 0 Å². The summed E-state index contributed by atoms with van der Waals surface area (Å²) in [7, 11) is 0. The molecule has 0 aliphatic heterocycles. The highest BCUT2D eigenvalue weighted by Gasteiger charge is 2.12. The topological polar surface area (TPSA) is 59.8 Å². The van der Waals surface area contributed by atoms with E-state index in [-0.39, 0.29) is 5.91 Å². The number of rotatable bonds is 3. The average molecular weight is 314 g/mol. The van der Waals surface area contributed by atoms with Gasteiger partial charge in [-0.05, 0) is 23.6 Å². The highest BCUT2D eigenvalue weighted by Crippen LogP contribution is 2.18.